The number of amides is 2. The van der Waals surface area contributed by atoms with Crippen LogP contribution < -0.4 is 10.6 Å². The number of carbonyl (C=O) groups is 3. The van der Waals surface area contributed by atoms with E-state index in [-0.39, 0.29) is 18.2 Å². The summed E-state index contributed by atoms with van der Waals surface area (Å²) in [6, 6.07) is 15.2. The first-order valence-electron chi connectivity index (χ1n) is 9.01. The van der Waals surface area contributed by atoms with Crippen LogP contribution in [-0.4, -0.2) is 29.1 Å². The van der Waals surface area contributed by atoms with Crippen molar-refractivity contribution < 1.29 is 19.1 Å². The third-order valence-corrected chi connectivity index (χ3v) is 5.60. The highest BCUT2D eigenvalue weighted by atomic mass is 32.2. The number of nitrogens with one attached hydrogen (secondary N) is 2. The van der Waals surface area contributed by atoms with Gasteiger partial charge in [0, 0.05) is 11.4 Å². The Morgan fingerprint density at radius 2 is 1.89 bits per heavy atom. The molecule has 2 amide bonds. The van der Waals surface area contributed by atoms with E-state index in [0.717, 1.165) is 21.7 Å². The molecule has 0 bridgehead atoms. The van der Waals surface area contributed by atoms with E-state index in [0.29, 0.717) is 6.54 Å². The van der Waals surface area contributed by atoms with Crippen molar-refractivity contribution in [1.82, 2.24) is 5.32 Å². The average molecular weight is 398 g/mol. The van der Waals surface area contributed by atoms with Gasteiger partial charge in [-0.2, -0.15) is 0 Å². The summed E-state index contributed by atoms with van der Waals surface area (Å²) >= 11 is 1.32. The first kappa shape index (κ1) is 19.9. The van der Waals surface area contributed by atoms with E-state index >= 15 is 0 Å². The lowest BCUT2D eigenvalue weighted by Crippen LogP contribution is -2.37. The van der Waals surface area contributed by atoms with E-state index in [1.165, 1.54) is 18.7 Å². The van der Waals surface area contributed by atoms with E-state index in [2.05, 4.69) is 10.6 Å². The van der Waals surface area contributed by atoms with Crippen molar-refractivity contribution in [1.29, 1.82) is 0 Å². The predicted molar refractivity (Wildman–Crippen MR) is 108 cm³/mol. The van der Waals surface area contributed by atoms with Crippen molar-refractivity contribution in [3.05, 3.63) is 59.7 Å². The number of thioether (sulfide) groups is 1. The first-order valence-corrected chi connectivity index (χ1v) is 9.89. The topological polar surface area (TPSA) is 84.5 Å². The molecule has 0 spiro atoms. The van der Waals surface area contributed by atoms with Crippen LogP contribution in [0.4, 0.5) is 5.69 Å². The van der Waals surface area contributed by atoms with Crippen LogP contribution in [0.3, 0.4) is 0 Å². The quantitative estimate of drug-likeness (QED) is 0.731. The largest absolute Gasteiger partial charge is 0.453 e. The third kappa shape index (κ3) is 5.13. The zero-order valence-electron chi connectivity index (χ0n) is 15.7. The SMILES string of the molecule is Cc1ccc(CNC(=O)[C@@H](C)OC(=O)C[C@@H]2Sc3ccccc3NC2=O)cc1. The van der Waals surface area contributed by atoms with E-state index < -0.39 is 17.3 Å². The first-order chi connectivity index (χ1) is 13.4. The fourth-order valence-electron chi connectivity index (χ4n) is 2.72. The molecule has 28 heavy (non-hydrogen) atoms. The van der Waals surface area contributed by atoms with Crippen LogP contribution in [0.25, 0.3) is 0 Å². The minimum Gasteiger partial charge on any atom is -0.453 e. The molecule has 6 nitrogen and oxygen atoms in total. The molecule has 2 atom stereocenters. The highest BCUT2D eigenvalue weighted by molar-refractivity contribution is 8.01. The number of hydrogen-bond acceptors (Lipinski definition) is 5. The second kappa shape index (κ2) is 8.93. The van der Waals surface area contributed by atoms with Crippen LogP contribution in [0.2, 0.25) is 0 Å². The molecule has 0 saturated heterocycles. The Hall–Kier alpha value is -2.80. The van der Waals surface area contributed by atoms with Gasteiger partial charge >= 0.3 is 5.97 Å². The van der Waals surface area contributed by atoms with Crippen LogP contribution in [0.1, 0.15) is 24.5 Å². The van der Waals surface area contributed by atoms with Gasteiger partial charge in [-0.3, -0.25) is 14.4 Å². The Labute approximate surface area is 168 Å². The maximum atomic E-state index is 12.2. The molecule has 2 aromatic rings. The number of hydrogen-bond donors (Lipinski definition) is 2. The van der Waals surface area contributed by atoms with Crippen LogP contribution in [0, 0.1) is 6.92 Å². The predicted octanol–water partition coefficient (Wildman–Crippen LogP) is 3.05. The van der Waals surface area contributed by atoms with Crippen LogP contribution in [0.5, 0.6) is 0 Å². The van der Waals surface area contributed by atoms with E-state index in [4.69, 9.17) is 4.74 Å². The second-order valence-corrected chi connectivity index (χ2v) is 7.88. The average Bonchev–Trinajstić information content (AvgIpc) is 2.67. The Bertz CT molecular complexity index is 882. The van der Waals surface area contributed by atoms with Crippen molar-refractivity contribution in [2.75, 3.05) is 5.32 Å². The molecule has 3 rings (SSSR count). The van der Waals surface area contributed by atoms with Crippen molar-refractivity contribution in [2.45, 2.75) is 43.1 Å². The van der Waals surface area contributed by atoms with Gasteiger partial charge in [0.25, 0.3) is 5.91 Å². The molecule has 0 saturated carbocycles. The lowest BCUT2D eigenvalue weighted by Gasteiger charge is -2.23. The molecular formula is C21H22N2O4S. The standard InChI is InChI=1S/C21H22N2O4S/c1-13-7-9-15(10-8-13)12-22-20(25)14(2)27-19(24)11-18-21(26)23-16-5-3-4-6-17(16)28-18/h3-10,14,18H,11-12H2,1-2H3,(H,22,25)(H,23,26)/t14-,18+/m1/s1. The van der Waals surface area contributed by atoms with E-state index in [9.17, 15) is 14.4 Å². The number of rotatable bonds is 6. The fraction of sp³-hybridized carbons (Fsp3) is 0.286. The summed E-state index contributed by atoms with van der Waals surface area (Å²) in [5, 5.41) is 4.96. The van der Waals surface area contributed by atoms with Gasteiger partial charge < -0.3 is 15.4 Å². The number of anilines is 1. The second-order valence-electron chi connectivity index (χ2n) is 6.63. The van der Waals surface area contributed by atoms with Crippen LogP contribution in [-0.2, 0) is 25.7 Å². The number of ether oxygens (including phenoxy) is 1. The zero-order chi connectivity index (χ0) is 20.1. The number of benzene rings is 2. The molecule has 0 radical (unpaired) electrons. The molecule has 2 aromatic carbocycles. The fourth-order valence-corrected chi connectivity index (χ4v) is 3.81. The summed E-state index contributed by atoms with van der Waals surface area (Å²) in [5.74, 6) is -1.19. The Morgan fingerprint density at radius 1 is 1.18 bits per heavy atom. The molecule has 7 heteroatoms. The van der Waals surface area contributed by atoms with Gasteiger partial charge in [-0.05, 0) is 31.5 Å². The monoisotopic (exact) mass is 398 g/mol. The van der Waals surface area contributed by atoms with Crippen molar-refractivity contribution >= 4 is 35.2 Å². The van der Waals surface area contributed by atoms with Gasteiger partial charge in [-0.1, -0.05) is 42.0 Å². The summed E-state index contributed by atoms with van der Waals surface area (Å²) in [6.45, 7) is 3.87. The summed E-state index contributed by atoms with van der Waals surface area (Å²) in [5.41, 5.74) is 2.85. The van der Waals surface area contributed by atoms with E-state index in [1.54, 1.807) is 0 Å². The highest BCUT2D eigenvalue weighted by Crippen LogP contribution is 2.36. The van der Waals surface area contributed by atoms with Gasteiger partial charge in [-0.15, -0.1) is 11.8 Å². The third-order valence-electron chi connectivity index (χ3n) is 4.32. The minimum absolute atomic E-state index is 0.0968. The van der Waals surface area contributed by atoms with Crippen molar-refractivity contribution in [3.8, 4) is 0 Å². The van der Waals surface area contributed by atoms with Gasteiger partial charge in [0.1, 0.15) is 0 Å². The van der Waals surface area contributed by atoms with E-state index in [1.807, 2.05) is 55.5 Å². The number of fused-ring (bicyclic) bond motifs is 1. The summed E-state index contributed by atoms with van der Waals surface area (Å²) in [7, 11) is 0. The molecule has 1 aliphatic heterocycles. The minimum atomic E-state index is -0.929. The molecule has 1 aliphatic rings. The summed E-state index contributed by atoms with van der Waals surface area (Å²) in [4.78, 5) is 37.4. The molecule has 0 aliphatic carbocycles. The van der Waals surface area contributed by atoms with Gasteiger partial charge in [0.15, 0.2) is 6.10 Å². The van der Waals surface area contributed by atoms with Crippen LogP contribution in [0.15, 0.2) is 53.4 Å². The number of esters is 1. The van der Waals surface area contributed by atoms with Gasteiger partial charge in [0.2, 0.25) is 5.91 Å². The van der Waals surface area contributed by atoms with Crippen LogP contribution >= 0.6 is 11.8 Å². The molecule has 0 fully saturated rings. The molecule has 0 unspecified atom stereocenters. The highest BCUT2D eigenvalue weighted by Gasteiger charge is 2.30. The summed E-state index contributed by atoms with van der Waals surface area (Å²) in [6.07, 6.45) is -1.03. The Kier molecular flexibility index (Phi) is 6.36. The lowest BCUT2D eigenvalue weighted by molar-refractivity contribution is -0.155. The number of para-hydroxylation sites is 1. The van der Waals surface area contributed by atoms with Crippen molar-refractivity contribution in [3.63, 3.8) is 0 Å². The van der Waals surface area contributed by atoms with Crippen molar-refractivity contribution in [2.24, 2.45) is 0 Å². The molecule has 146 valence electrons. The molecule has 2 N–H and O–H groups in total. The molecular weight excluding hydrogens is 376 g/mol. The van der Waals surface area contributed by atoms with Gasteiger partial charge in [-0.25, -0.2) is 0 Å². The lowest BCUT2D eigenvalue weighted by atomic mass is 10.1. The molecule has 0 aromatic heterocycles. The maximum Gasteiger partial charge on any atom is 0.308 e. The molecule has 1 heterocycles. The Morgan fingerprint density at radius 3 is 2.64 bits per heavy atom. The van der Waals surface area contributed by atoms with Gasteiger partial charge in [0.05, 0.1) is 17.4 Å². The summed E-state index contributed by atoms with van der Waals surface area (Å²) < 4.78 is 5.21. The zero-order valence-corrected chi connectivity index (χ0v) is 16.5. The maximum absolute atomic E-state index is 12.2. The Balaban J connectivity index is 1.48. The normalized spacial score (nSPS) is 16.5. The number of carbonyl (C=O) groups excluding carboxylic acids is 3. The smallest absolute Gasteiger partial charge is 0.308 e. The number of aryl methyl sites for hydroxylation is 1.